The van der Waals surface area contributed by atoms with Crippen molar-refractivity contribution in [1.82, 2.24) is 0 Å². The minimum atomic E-state index is 0.528. The molecule has 2 nitrogen and oxygen atoms in total. The van der Waals surface area contributed by atoms with E-state index in [-0.39, 0.29) is 0 Å². The average Bonchev–Trinajstić information content (AvgIpc) is 2.16. The number of nitrogens with zero attached hydrogens (tertiary/aromatic N) is 1. The van der Waals surface area contributed by atoms with Crippen LogP contribution in [0.4, 0.5) is 5.69 Å². The topological polar surface area (TPSA) is 29.3 Å². The molecule has 0 atom stereocenters. The standard InChI is InChI=1S/C10H15ClN2/c1-3-13(2)10-8(7-12)5-4-6-9(10)11/h4-6H,3,7,12H2,1-2H3. The van der Waals surface area contributed by atoms with E-state index in [9.17, 15) is 0 Å². The summed E-state index contributed by atoms with van der Waals surface area (Å²) in [5.74, 6) is 0. The highest BCUT2D eigenvalue weighted by molar-refractivity contribution is 6.33. The summed E-state index contributed by atoms with van der Waals surface area (Å²) in [5.41, 5.74) is 7.77. The summed E-state index contributed by atoms with van der Waals surface area (Å²) < 4.78 is 0. The van der Waals surface area contributed by atoms with E-state index in [0.717, 1.165) is 22.8 Å². The second kappa shape index (κ2) is 4.49. The Balaban J connectivity index is 3.14. The van der Waals surface area contributed by atoms with Crippen LogP contribution in [0.15, 0.2) is 18.2 Å². The van der Waals surface area contributed by atoms with E-state index in [1.807, 2.05) is 25.2 Å². The molecule has 0 unspecified atom stereocenters. The number of halogens is 1. The van der Waals surface area contributed by atoms with Gasteiger partial charge in [0.2, 0.25) is 0 Å². The first-order chi connectivity index (χ1) is 6.20. The van der Waals surface area contributed by atoms with Gasteiger partial charge in [-0.25, -0.2) is 0 Å². The van der Waals surface area contributed by atoms with Crippen molar-refractivity contribution in [3.8, 4) is 0 Å². The number of benzene rings is 1. The van der Waals surface area contributed by atoms with Crippen molar-refractivity contribution >= 4 is 17.3 Å². The molecule has 0 aliphatic rings. The van der Waals surface area contributed by atoms with Crippen molar-refractivity contribution in [2.75, 3.05) is 18.5 Å². The third-order valence-electron chi connectivity index (χ3n) is 2.15. The number of nitrogens with two attached hydrogens (primary N) is 1. The molecule has 72 valence electrons. The predicted octanol–water partition coefficient (Wildman–Crippen LogP) is 2.25. The molecular formula is C10H15ClN2. The monoisotopic (exact) mass is 198 g/mol. The maximum absolute atomic E-state index is 6.08. The van der Waals surface area contributed by atoms with Gasteiger partial charge in [-0.1, -0.05) is 23.7 Å². The molecule has 3 heteroatoms. The molecule has 0 fully saturated rings. The summed E-state index contributed by atoms with van der Waals surface area (Å²) in [5, 5.41) is 0.771. The molecule has 1 rings (SSSR count). The normalized spacial score (nSPS) is 10.2. The summed E-state index contributed by atoms with van der Waals surface area (Å²) in [6.45, 7) is 3.54. The Morgan fingerprint density at radius 2 is 2.15 bits per heavy atom. The Morgan fingerprint density at radius 1 is 1.46 bits per heavy atom. The maximum atomic E-state index is 6.08. The average molecular weight is 199 g/mol. The Kier molecular flexibility index (Phi) is 3.58. The van der Waals surface area contributed by atoms with E-state index < -0.39 is 0 Å². The Morgan fingerprint density at radius 3 is 2.69 bits per heavy atom. The van der Waals surface area contributed by atoms with Gasteiger partial charge in [0.15, 0.2) is 0 Å². The lowest BCUT2D eigenvalue weighted by Gasteiger charge is -2.21. The van der Waals surface area contributed by atoms with Gasteiger partial charge in [0, 0.05) is 20.1 Å². The number of hydrogen-bond acceptors (Lipinski definition) is 2. The van der Waals surface area contributed by atoms with Crippen LogP contribution in [0.3, 0.4) is 0 Å². The van der Waals surface area contributed by atoms with Crippen LogP contribution >= 0.6 is 11.6 Å². The number of rotatable bonds is 3. The van der Waals surface area contributed by atoms with Gasteiger partial charge in [0.25, 0.3) is 0 Å². The number of hydrogen-bond donors (Lipinski definition) is 1. The predicted molar refractivity (Wildman–Crippen MR) is 58.3 cm³/mol. The first kappa shape index (κ1) is 10.4. The molecule has 0 bridgehead atoms. The molecule has 0 amide bonds. The molecule has 0 spiro atoms. The number of para-hydroxylation sites is 1. The van der Waals surface area contributed by atoms with Gasteiger partial charge in [-0.15, -0.1) is 0 Å². The quantitative estimate of drug-likeness (QED) is 0.808. The third kappa shape index (κ3) is 2.14. The van der Waals surface area contributed by atoms with Crippen LogP contribution < -0.4 is 10.6 Å². The molecule has 0 saturated heterocycles. The molecule has 0 aliphatic heterocycles. The van der Waals surface area contributed by atoms with E-state index in [0.29, 0.717) is 6.54 Å². The van der Waals surface area contributed by atoms with Crippen LogP contribution in [0, 0.1) is 0 Å². The van der Waals surface area contributed by atoms with Gasteiger partial charge in [0.05, 0.1) is 10.7 Å². The third-order valence-corrected chi connectivity index (χ3v) is 2.45. The zero-order valence-electron chi connectivity index (χ0n) is 8.05. The summed E-state index contributed by atoms with van der Waals surface area (Å²) in [6, 6.07) is 5.83. The van der Waals surface area contributed by atoms with E-state index in [1.165, 1.54) is 0 Å². The smallest absolute Gasteiger partial charge is 0.0642 e. The van der Waals surface area contributed by atoms with Crippen LogP contribution in [0.2, 0.25) is 5.02 Å². The molecule has 1 aromatic carbocycles. The van der Waals surface area contributed by atoms with Gasteiger partial charge < -0.3 is 10.6 Å². The molecule has 0 aliphatic carbocycles. The van der Waals surface area contributed by atoms with Crippen molar-refractivity contribution < 1.29 is 0 Å². The molecule has 0 aromatic heterocycles. The lowest BCUT2D eigenvalue weighted by atomic mass is 10.1. The minimum absolute atomic E-state index is 0.528. The van der Waals surface area contributed by atoms with Gasteiger partial charge in [-0.05, 0) is 18.6 Å². The molecule has 0 saturated carbocycles. The lowest BCUT2D eigenvalue weighted by molar-refractivity contribution is 0.941. The van der Waals surface area contributed by atoms with Crippen LogP contribution in [0.5, 0.6) is 0 Å². The fraction of sp³-hybridized carbons (Fsp3) is 0.400. The van der Waals surface area contributed by atoms with Crippen LogP contribution in [-0.2, 0) is 6.54 Å². The summed E-state index contributed by atoms with van der Waals surface area (Å²) >= 11 is 6.08. The first-order valence-corrected chi connectivity index (χ1v) is 4.77. The molecular weight excluding hydrogens is 184 g/mol. The Hall–Kier alpha value is -0.730. The molecule has 2 N–H and O–H groups in total. The highest BCUT2D eigenvalue weighted by Gasteiger charge is 2.08. The molecule has 1 aromatic rings. The molecule has 13 heavy (non-hydrogen) atoms. The number of anilines is 1. The highest BCUT2D eigenvalue weighted by Crippen LogP contribution is 2.28. The minimum Gasteiger partial charge on any atom is -0.373 e. The van der Waals surface area contributed by atoms with E-state index in [1.54, 1.807) is 0 Å². The second-order valence-corrected chi connectivity index (χ2v) is 3.37. The van der Waals surface area contributed by atoms with Crippen molar-refractivity contribution in [1.29, 1.82) is 0 Å². The van der Waals surface area contributed by atoms with Gasteiger partial charge >= 0.3 is 0 Å². The zero-order chi connectivity index (χ0) is 9.84. The second-order valence-electron chi connectivity index (χ2n) is 2.97. The van der Waals surface area contributed by atoms with Crippen LogP contribution in [-0.4, -0.2) is 13.6 Å². The van der Waals surface area contributed by atoms with Crippen molar-refractivity contribution in [2.24, 2.45) is 5.73 Å². The fourth-order valence-electron chi connectivity index (χ4n) is 1.31. The fourth-order valence-corrected chi connectivity index (χ4v) is 1.65. The van der Waals surface area contributed by atoms with Crippen molar-refractivity contribution in [2.45, 2.75) is 13.5 Å². The van der Waals surface area contributed by atoms with E-state index >= 15 is 0 Å². The lowest BCUT2D eigenvalue weighted by Crippen LogP contribution is -2.19. The van der Waals surface area contributed by atoms with Crippen LogP contribution in [0.1, 0.15) is 12.5 Å². The summed E-state index contributed by atoms with van der Waals surface area (Å²) in [6.07, 6.45) is 0. The van der Waals surface area contributed by atoms with Crippen LogP contribution in [0.25, 0.3) is 0 Å². The zero-order valence-corrected chi connectivity index (χ0v) is 8.80. The Bertz CT molecular complexity index is 286. The summed E-state index contributed by atoms with van der Waals surface area (Å²) in [4.78, 5) is 2.10. The van der Waals surface area contributed by atoms with E-state index in [4.69, 9.17) is 17.3 Å². The first-order valence-electron chi connectivity index (χ1n) is 4.39. The molecule has 0 heterocycles. The highest BCUT2D eigenvalue weighted by atomic mass is 35.5. The van der Waals surface area contributed by atoms with Gasteiger partial charge in [0.1, 0.15) is 0 Å². The van der Waals surface area contributed by atoms with Crippen molar-refractivity contribution in [3.63, 3.8) is 0 Å². The van der Waals surface area contributed by atoms with Crippen molar-refractivity contribution in [3.05, 3.63) is 28.8 Å². The largest absolute Gasteiger partial charge is 0.373 e. The SMILES string of the molecule is CCN(C)c1c(Cl)cccc1CN. The van der Waals surface area contributed by atoms with Gasteiger partial charge in [-0.3, -0.25) is 0 Å². The Labute approximate surface area is 84.3 Å². The summed E-state index contributed by atoms with van der Waals surface area (Å²) in [7, 11) is 2.01. The van der Waals surface area contributed by atoms with E-state index in [2.05, 4.69) is 11.8 Å². The van der Waals surface area contributed by atoms with Gasteiger partial charge in [-0.2, -0.15) is 0 Å². The maximum Gasteiger partial charge on any atom is 0.0642 e. The molecule has 0 radical (unpaired) electrons.